The molecule has 3 aromatic rings. The molecule has 2 amide bonds. The third kappa shape index (κ3) is 4.53. The number of amides is 2. The smallest absolute Gasteiger partial charge is 0.229 e. The maximum atomic E-state index is 13.0. The van der Waals surface area contributed by atoms with E-state index >= 15 is 0 Å². The summed E-state index contributed by atoms with van der Waals surface area (Å²) in [4.78, 5) is 27.3. The van der Waals surface area contributed by atoms with E-state index < -0.39 is 5.92 Å². The number of para-hydroxylation sites is 3. The van der Waals surface area contributed by atoms with Crippen LogP contribution in [0.2, 0.25) is 0 Å². The second kappa shape index (κ2) is 8.92. The zero-order chi connectivity index (χ0) is 21.8. The molecule has 1 fully saturated rings. The minimum absolute atomic E-state index is 0.0992. The third-order valence-corrected chi connectivity index (χ3v) is 5.24. The maximum absolute atomic E-state index is 13.0. The Bertz CT molecular complexity index is 1100. The lowest BCUT2D eigenvalue weighted by Gasteiger charge is -2.20. The van der Waals surface area contributed by atoms with Crippen molar-refractivity contribution >= 4 is 23.2 Å². The van der Waals surface area contributed by atoms with Gasteiger partial charge < -0.3 is 19.7 Å². The van der Waals surface area contributed by atoms with Crippen molar-refractivity contribution in [1.82, 2.24) is 0 Å². The summed E-state index contributed by atoms with van der Waals surface area (Å²) in [5.74, 6) is 1.05. The van der Waals surface area contributed by atoms with E-state index in [2.05, 4.69) is 5.32 Å². The molecule has 158 valence electrons. The summed E-state index contributed by atoms with van der Waals surface area (Å²) in [6.07, 6.45) is 0.143. The first kappa shape index (κ1) is 20.5. The Labute approximate surface area is 181 Å². The number of ether oxygens (including phenoxy) is 2. The Kier molecular flexibility index (Phi) is 5.89. The Balaban J connectivity index is 1.50. The number of benzene rings is 3. The molecule has 1 aliphatic heterocycles. The number of hydrogen-bond acceptors (Lipinski definition) is 4. The molecular weight excluding hydrogens is 392 g/mol. The molecule has 1 unspecified atom stereocenters. The van der Waals surface area contributed by atoms with E-state index in [-0.39, 0.29) is 18.2 Å². The molecule has 1 aliphatic rings. The van der Waals surface area contributed by atoms with Crippen molar-refractivity contribution < 1.29 is 19.1 Å². The minimum Gasteiger partial charge on any atom is -0.495 e. The van der Waals surface area contributed by atoms with E-state index in [1.807, 2.05) is 67.6 Å². The number of methoxy groups -OCH3 is 1. The van der Waals surface area contributed by atoms with Crippen LogP contribution in [0.4, 0.5) is 11.4 Å². The van der Waals surface area contributed by atoms with Crippen molar-refractivity contribution in [2.45, 2.75) is 13.3 Å². The minimum atomic E-state index is -0.470. The molecule has 0 aromatic heterocycles. The molecule has 1 heterocycles. The maximum Gasteiger partial charge on any atom is 0.229 e. The number of anilines is 2. The van der Waals surface area contributed by atoms with Gasteiger partial charge >= 0.3 is 0 Å². The molecular formula is C25H24N2O4. The predicted molar refractivity (Wildman–Crippen MR) is 120 cm³/mol. The molecule has 1 atom stereocenters. The molecule has 0 spiro atoms. The lowest BCUT2D eigenvalue weighted by molar-refractivity contribution is -0.122. The van der Waals surface area contributed by atoms with Crippen LogP contribution < -0.4 is 19.7 Å². The van der Waals surface area contributed by atoms with Gasteiger partial charge in [0.2, 0.25) is 11.8 Å². The Hall–Kier alpha value is -3.80. The van der Waals surface area contributed by atoms with E-state index in [0.717, 1.165) is 5.56 Å². The van der Waals surface area contributed by atoms with Crippen LogP contribution in [0.15, 0.2) is 72.8 Å². The Morgan fingerprint density at radius 3 is 2.52 bits per heavy atom. The van der Waals surface area contributed by atoms with E-state index in [1.165, 1.54) is 0 Å². The number of nitrogens with one attached hydrogen (secondary N) is 1. The van der Waals surface area contributed by atoms with E-state index in [9.17, 15) is 9.59 Å². The quantitative estimate of drug-likeness (QED) is 0.628. The van der Waals surface area contributed by atoms with Gasteiger partial charge in [0.1, 0.15) is 11.5 Å². The van der Waals surface area contributed by atoms with E-state index in [4.69, 9.17) is 9.47 Å². The normalized spacial score (nSPS) is 15.6. The zero-order valence-electron chi connectivity index (χ0n) is 17.5. The molecule has 0 aliphatic carbocycles. The summed E-state index contributed by atoms with van der Waals surface area (Å²) >= 11 is 0. The number of carbonyl (C=O) groups excluding carboxylic acids is 2. The van der Waals surface area contributed by atoms with Crippen LogP contribution in [0.1, 0.15) is 12.0 Å². The van der Waals surface area contributed by atoms with Crippen molar-refractivity contribution in [3.8, 4) is 17.2 Å². The van der Waals surface area contributed by atoms with Gasteiger partial charge in [0.05, 0.1) is 24.4 Å². The first-order valence-electron chi connectivity index (χ1n) is 10.1. The fourth-order valence-electron chi connectivity index (χ4n) is 3.64. The van der Waals surface area contributed by atoms with Gasteiger partial charge in [0, 0.05) is 13.0 Å². The molecule has 0 bridgehead atoms. The molecule has 0 saturated carbocycles. The second-order valence-electron chi connectivity index (χ2n) is 7.48. The lowest BCUT2D eigenvalue weighted by Crippen LogP contribution is -2.28. The average Bonchev–Trinajstić information content (AvgIpc) is 3.17. The molecule has 6 heteroatoms. The van der Waals surface area contributed by atoms with Crippen LogP contribution in [0, 0.1) is 12.8 Å². The van der Waals surface area contributed by atoms with Gasteiger partial charge in [0.15, 0.2) is 5.75 Å². The van der Waals surface area contributed by atoms with Gasteiger partial charge in [-0.2, -0.15) is 0 Å². The van der Waals surface area contributed by atoms with Crippen molar-refractivity contribution in [2.75, 3.05) is 23.9 Å². The number of aryl methyl sites for hydroxylation is 1. The zero-order valence-corrected chi connectivity index (χ0v) is 17.5. The van der Waals surface area contributed by atoms with Crippen molar-refractivity contribution in [2.24, 2.45) is 5.92 Å². The lowest BCUT2D eigenvalue weighted by atomic mass is 10.1. The fraction of sp³-hybridized carbons (Fsp3) is 0.200. The molecule has 1 N–H and O–H groups in total. The van der Waals surface area contributed by atoms with Gasteiger partial charge in [-0.15, -0.1) is 0 Å². The summed E-state index contributed by atoms with van der Waals surface area (Å²) in [6.45, 7) is 2.25. The van der Waals surface area contributed by atoms with Gasteiger partial charge in [-0.25, -0.2) is 0 Å². The highest BCUT2D eigenvalue weighted by Gasteiger charge is 2.36. The topological polar surface area (TPSA) is 67.9 Å². The fourth-order valence-corrected chi connectivity index (χ4v) is 3.64. The highest BCUT2D eigenvalue weighted by atomic mass is 16.5. The standard InChI is InChI=1S/C25H24N2O4/c1-17-12-13-23(30-2)21(14-17)27-16-18(15-24(27)28)25(29)26-20-10-6-7-11-22(20)31-19-8-4-3-5-9-19/h3-14,18H,15-16H2,1-2H3,(H,26,29). The SMILES string of the molecule is COc1ccc(C)cc1N1CC(C(=O)Nc2ccccc2Oc2ccccc2)CC1=O. The summed E-state index contributed by atoms with van der Waals surface area (Å²) < 4.78 is 11.3. The molecule has 0 radical (unpaired) electrons. The van der Waals surface area contributed by atoms with Crippen LogP contribution in [-0.2, 0) is 9.59 Å². The van der Waals surface area contributed by atoms with Crippen molar-refractivity contribution in [1.29, 1.82) is 0 Å². The van der Waals surface area contributed by atoms with E-state index in [1.54, 1.807) is 24.1 Å². The van der Waals surface area contributed by atoms with Crippen LogP contribution in [0.25, 0.3) is 0 Å². The molecule has 6 nitrogen and oxygen atoms in total. The molecule has 31 heavy (non-hydrogen) atoms. The summed E-state index contributed by atoms with van der Waals surface area (Å²) in [5, 5.41) is 2.93. The summed E-state index contributed by atoms with van der Waals surface area (Å²) in [6, 6.07) is 22.3. The number of carbonyl (C=O) groups is 2. The van der Waals surface area contributed by atoms with Crippen molar-refractivity contribution in [3.05, 3.63) is 78.4 Å². The first-order chi connectivity index (χ1) is 15.0. The van der Waals surface area contributed by atoms with Crippen molar-refractivity contribution in [3.63, 3.8) is 0 Å². The first-order valence-corrected chi connectivity index (χ1v) is 10.1. The van der Waals surface area contributed by atoms with Crippen LogP contribution in [-0.4, -0.2) is 25.5 Å². The average molecular weight is 416 g/mol. The second-order valence-corrected chi connectivity index (χ2v) is 7.48. The largest absolute Gasteiger partial charge is 0.495 e. The van der Waals surface area contributed by atoms with Gasteiger partial charge in [-0.3, -0.25) is 9.59 Å². The Morgan fingerprint density at radius 1 is 1.00 bits per heavy atom. The van der Waals surface area contributed by atoms with Crippen LogP contribution in [0.3, 0.4) is 0 Å². The van der Waals surface area contributed by atoms with Crippen LogP contribution in [0.5, 0.6) is 17.2 Å². The van der Waals surface area contributed by atoms with Gasteiger partial charge in [0.25, 0.3) is 0 Å². The number of nitrogens with zero attached hydrogens (tertiary/aromatic N) is 1. The van der Waals surface area contributed by atoms with E-state index in [0.29, 0.717) is 35.2 Å². The number of hydrogen-bond donors (Lipinski definition) is 1. The monoisotopic (exact) mass is 416 g/mol. The number of rotatable bonds is 6. The molecule has 3 aromatic carbocycles. The summed E-state index contributed by atoms with van der Waals surface area (Å²) in [7, 11) is 1.57. The third-order valence-electron chi connectivity index (χ3n) is 5.24. The Morgan fingerprint density at radius 2 is 1.74 bits per heavy atom. The van der Waals surface area contributed by atoms with Gasteiger partial charge in [-0.1, -0.05) is 36.4 Å². The molecule has 4 rings (SSSR count). The van der Waals surface area contributed by atoms with Gasteiger partial charge in [-0.05, 0) is 48.9 Å². The predicted octanol–water partition coefficient (Wildman–Crippen LogP) is 4.79. The summed E-state index contributed by atoms with van der Waals surface area (Å²) in [5.41, 5.74) is 2.27. The highest BCUT2D eigenvalue weighted by molar-refractivity contribution is 6.04. The molecule has 1 saturated heterocycles. The highest BCUT2D eigenvalue weighted by Crippen LogP contribution is 2.35. The van der Waals surface area contributed by atoms with Crippen LogP contribution >= 0.6 is 0 Å².